The molecule has 1 aromatic carbocycles. The lowest BCUT2D eigenvalue weighted by atomic mass is 9.87. The van der Waals surface area contributed by atoms with Gasteiger partial charge in [-0.1, -0.05) is 18.2 Å². The quantitative estimate of drug-likeness (QED) is 0.723. The summed E-state index contributed by atoms with van der Waals surface area (Å²) in [5.41, 5.74) is 7.13. The second-order valence-corrected chi connectivity index (χ2v) is 4.34. The lowest BCUT2D eigenvalue weighted by molar-refractivity contribution is 0.111. The van der Waals surface area contributed by atoms with Crippen molar-refractivity contribution < 1.29 is 4.79 Å². The Labute approximate surface area is 94.3 Å². The summed E-state index contributed by atoms with van der Waals surface area (Å²) in [6, 6.07) is 8.33. The Balaban J connectivity index is 2.26. The molecule has 0 atom stereocenters. The molecule has 0 fully saturated rings. The molecule has 1 aromatic heterocycles. The van der Waals surface area contributed by atoms with Crippen molar-refractivity contribution in [2.75, 3.05) is 0 Å². The molecule has 2 heteroatoms. The molecule has 3 rings (SSSR count). The molecule has 0 saturated heterocycles. The highest BCUT2D eigenvalue weighted by atomic mass is 16.1. The van der Waals surface area contributed by atoms with Gasteiger partial charge in [0.05, 0.1) is 5.69 Å². The summed E-state index contributed by atoms with van der Waals surface area (Å²) < 4.78 is 0. The average molecular weight is 211 g/mol. The maximum absolute atomic E-state index is 10.8. The number of fused-ring (bicyclic) bond motifs is 3. The first-order valence-electron chi connectivity index (χ1n) is 5.55. The van der Waals surface area contributed by atoms with E-state index in [1.165, 1.54) is 27.9 Å². The number of benzene rings is 1. The van der Waals surface area contributed by atoms with Crippen LogP contribution >= 0.6 is 0 Å². The predicted molar refractivity (Wildman–Crippen MR) is 63.8 cm³/mol. The van der Waals surface area contributed by atoms with Gasteiger partial charge in [0.15, 0.2) is 6.29 Å². The summed E-state index contributed by atoms with van der Waals surface area (Å²) >= 11 is 0. The maximum Gasteiger partial charge on any atom is 0.166 e. The smallest absolute Gasteiger partial charge is 0.166 e. The summed E-state index contributed by atoms with van der Waals surface area (Å²) in [5.74, 6) is 0. The first-order valence-corrected chi connectivity index (χ1v) is 5.55. The molecule has 0 aliphatic heterocycles. The molecule has 0 saturated carbocycles. The monoisotopic (exact) mass is 211 g/mol. The van der Waals surface area contributed by atoms with Crippen LogP contribution in [0.15, 0.2) is 24.3 Å². The summed E-state index contributed by atoms with van der Waals surface area (Å²) in [4.78, 5) is 13.9. The molecular weight excluding hydrogens is 198 g/mol. The third kappa shape index (κ3) is 1.23. The Morgan fingerprint density at radius 2 is 2.12 bits per heavy atom. The van der Waals surface area contributed by atoms with Crippen LogP contribution < -0.4 is 0 Å². The van der Waals surface area contributed by atoms with Crippen LogP contribution in [0.2, 0.25) is 0 Å². The van der Waals surface area contributed by atoms with Gasteiger partial charge in [-0.05, 0) is 42.5 Å². The number of aryl methyl sites for hydroxylation is 2. The minimum absolute atomic E-state index is 0.680. The molecule has 0 spiro atoms. The standard InChI is InChI=1S/C14H13NO/c1-9-3-2-4-12-11(9)5-6-14-13(12)7-10(8-16)15-14/h2-4,7-8,15H,5-6H2,1H3. The van der Waals surface area contributed by atoms with Crippen molar-refractivity contribution in [2.45, 2.75) is 19.8 Å². The van der Waals surface area contributed by atoms with Gasteiger partial charge < -0.3 is 4.98 Å². The van der Waals surface area contributed by atoms with Crippen LogP contribution in [0.5, 0.6) is 0 Å². The summed E-state index contributed by atoms with van der Waals surface area (Å²) in [6.07, 6.45) is 2.95. The number of aromatic amines is 1. The van der Waals surface area contributed by atoms with E-state index in [0.717, 1.165) is 19.1 Å². The second kappa shape index (κ2) is 3.34. The molecule has 0 amide bonds. The van der Waals surface area contributed by atoms with Crippen LogP contribution in [-0.2, 0) is 12.8 Å². The van der Waals surface area contributed by atoms with Crippen LogP contribution in [0, 0.1) is 6.92 Å². The number of aromatic nitrogens is 1. The van der Waals surface area contributed by atoms with Crippen LogP contribution in [0.1, 0.15) is 27.3 Å². The van der Waals surface area contributed by atoms with E-state index in [0.29, 0.717) is 5.69 Å². The van der Waals surface area contributed by atoms with Crippen molar-refractivity contribution in [1.29, 1.82) is 0 Å². The van der Waals surface area contributed by atoms with E-state index >= 15 is 0 Å². The zero-order valence-electron chi connectivity index (χ0n) is 9.21. The first-order chi connectivity index (χ1) is 7.79. The van der Waals surface area contributed by atoms with E-state index in [-0.39, 0.29) is 0 Å². The zero-order valence-corrected chi connectivity index (χ0v) is 9.21. The van der Waals surface area contributed by atoms with Gasteiger partial charge in [0.1, 0.15) is 0 Å². The second-order valence-electron chi connectivity index (χ2n) is 4.34. The first kappa shape index (κ1) is 9.40. The van der Waals surface area contributed by atoms with Crippen molar-refractivity contribution in [3.63, 3.8) is 0 Å². The Hall–Kier alpha value is -1.83. The fourth-order valence-electron chi connectivity index (χ4n) is 2.56. The molecule has 80 valence electrons. The van der Waals surface area contributed by atoms with Gasteiger partial charge in [0, 0.05) is 11.3 Å². The number of hydrogen-bond donors (Lipinski definition) is 1. The van der Waals surface area contributed by atoms with E-state index < -0.39 is 0 Å². The SMILES string of the molecule is Cc1cccc2c1CCc1[nH]c(C=O)cc1-2. The maximum atomic E-state index is 10.8. The van der Waals surface area contributed by atoms with E-state index in [2.05, 4.69) is 30.1 Å². The van der Waals surface area contributed by atoms with Crippen LogP contribution in [-0.4, -0.2) is 11.3 Å². The molecule has 2 nitrogen and oxygen atoms in total. The van der Waals surface area contributed by atoms with Crippen molar-refractivity contribution >= 4 is 6.29 Å². The number of carbonyl (C=O) groups excluding carboxylic acids is 1. The van der Waals surface area contributed by atoms with E-state index in [9.17, 15) is 4.79 Å². The molecule has 1 aliphatic rings. The number of H-pyrrole nitrogens is 1. The largest absolute Gasteiger partial charge is 0.356 e. The average Bonchev–Trinajstić information content (AvgIpc) is 2.72. The lowest BCUT2D eigenvalue weighted by Crippen LogP contribution is -2.04. The van der Waals surface area contributed by atoms with Crippen molar-refractivity contribution in [2.24, 2.45) is 0 Å². The van der Waals surface area contributed by atoms with Gasteiger partial charge >= 0.3 is 0 Å². The number of nitrogens with one attached hydrogen (secondary N) is 1. The summed E-state index contributed by atoms with van der Waals surface area (Å²) in [5, 5.41) is 0. The van der Waals surface area contributed by atoms with Crippen molar-refractivity contribution in [3.8, 4) is 11.1 Å². The molecule has 0 unspecified atom stereocenters. The highest BCUT2D eigenvalue weighted by molar-refractivity contribution is 5.81. The summed E-state index contributed by atoms with van der Waals surface area (Å²) in [7, 11) is 0. The van der Waals surface area contributed by atoms with Crippen LogP contribution in [0.3, 0.4) is 0 Å². The van der Waals surface area contributed by atoms with Gasteiger partial charge in [-0.15, -0.1) is 0 Å². The molecule has 2 aromatic rings. The van der Waals surface area contributed by atoms with Crippen molar-refractivity contribution in [1.82, 2.24) is 4.98 Å². The van der Waals surface area contributed by atoms with E-state index in [1.807, 2.05) is 6.07 Å². The third-order valence-electron chi connectivity index (χ3n) is 3.37. The van der Waals surface area contributed by atoms with Crippen LogP contribution in [0.25, 0.3) is 11.1 Å². The van der Waals surface area contributed by atoms with Gasteiger partial charge in [-0.2, -0.15) is 0 Å². The molecule has 0 radical (unpaired) electrons. The number of rotatable bonds is 1. The van der Waals surface area contributed by atoms with Gasteiger partial charge in [0.25, 0.3) is 0 Å². The van der Waals surface area contributed by atoms with Gasteiger partial charge in [-0.25, -0.2) is 0 Å². The molecule has 1 N–H and O–H groups in total. The molecule has 16 heavy (non-hydrogen) atoms. The van der Waals surface area contributed by atoms with E-state index in [1.54, 1.807) is 0 Å². The molecule has 1 aliphatic carbocycles. The summed E-state index contributed by atoms with van der Waals surface area (Å²) in [6.45, 7) is 2.15. The predicted octanol–water partition coefficient (Wildman–Crippen LogP) is 2.90. The highest BCUT2D eigenvalue weighted by Crippen LogP contribution is 2.35. The molecular formula is C14H13NO. The Morgan fingerprint density at radius 3 is 2.94 bits per heavy atom. The number of hydrogen-bond acceptors (Lipinski definition) is 1. The minimum Gasteiger partial charge on any atom is -0.356 e. The molecule has 1 heterocycles. The number of aldehydes is 1. The lowest BCUT2D eigenvalue weighted by Gasteiger charge is -2.18. The number of carbonyl (C=O) groups is 1. The third-order valence-corrected chi connectivity index (χ3v) is 3.37. The minimum atomic E-state index is 0.680. The Bertz CT molecular complexity index is 566. The van der Waals surface area contributed by atoms with Gasteiger partial charge in [0.2, 0.25) is 0 Å². The van der Waals surface area contributed by atoms with Crippen LogP contribution in [0.4, 0.5) is 0 Å². The fourth-order valence-corrected chi connectivity index (χ4v) is 2.56. The normalized spacial score (nSPS) is 13.1. The van der Waals surface area contributed by atoms with Gasteiger partial charge in [-0.3, -0.25) is 4.79 Å². The Kier molecular flexibility index (Phi) is 1.96. The topological polar surface area (TPSA) is 32.9 Å². The zero-order chi connectivity index (χ0) is 11.1. The molecule has 0 bridgehead atoms. The Morgan fingerprint density at radius 1 is 1.25 bits per heavy atom. The van der Waals surface area contributed by atoms with E-state index in [4.69, 9.17) is 0 Å². The highest BCUT2D eigenvalue weighted by Gasteiger charge is 2.19. The fraction of sp³-hybridized carbons (Fsp3) is 0.214. The van der Waals surface area contributed by atoms with Crippen molar-refractivity contribution in [3.05, 3.63) is 46.8 Å².